The van der Waals surface area contributed by atoms with Gasteiger partial charge in [0.25, 0.3) is 0 Å². The third-order valence-electron chi connectivity index (χ3n) is 3.63. The lowest BCUT2D eigenvalue weighted by Gasteiger charge is -2.26. The van der Waals surface area contributed by atoms with Gasteiger partial charge in [0.05, 0.1) is 0 Å². The summed E-state index contributed by atoms with van der Waals surface area (Å²) in [5.41, 5.74) is 6.38. The maximum absolute atomic E-state index is 5.92. The van der Waals surface area contributed by atoms with Crippen molar-refractivity contribution in [3.05, 3.63) is 0 Å². The van der Waals surface area contributed by atoms with Gasteiger partial charge in [-0.2, -0.15) is 0 Å². The van der Waals surface area contributed by atoms with E-state index >= 15 is 0 Å². The number of hydrogen-bond acceptors (Lipinski definition) is 2. The molecule has 3 unspecified atom stereocenters. The number of rotatable bonds is 1. The molecule has 2 aliphatic rings. The van der Waals surface area contributed by atoms with Crippen molar-refractivity contribution in [1.82, 2.24) is 4.90 Å². The Morgan fingerprint density at radius 1 is 1.55 bits per heavy atom. The first-order chi connectivity index (χ1) is 5.14. The van der Waals surface area contributed by atoms with Gasteiger partial charge in [-0.25, -0.2) is 0 Å². The topological polar surface area (TPSA) is 29.3 Å². The Kier molecular flexibility index (Phi) is 1.52. The first-order valence-corrected chi connectivity index (χ1v) is 4.60. The minimum Gasteiger partial charge on any atom is -0.327 e. The number of nitrogens with two attached hydrogens (primary N) is 1. The zero-order valence-electron chi connectivity index (χ0n) is 7.51. The second-order valence-electron chi connectivity index (χ2n) is 4.46. The molecule has 0 aromatic heterocycles. The van der Waals surface area contributed by atoms with E-state index in [0.717, 1.165) is 6.04 Å². The number of hydrogen-bond donors (Lipinski definition) is 1. The smallest absolute Gasteiger partial charge is 0.0162 e. The molecular weight excluding hydrogens is 136 g/mol. The van der Waals surface area contributed by atoms with Gasteiger partial charge in [-0.3, -0.25) is 0 Å². The van der Waals surface area contributed by atoms with Gasteiger partial charge in [0, 0.05) is 12.1 Å². The van der Waals surface area contributed by atoms with E-state index < -0.39 is 0 Å². The third-order valence-corrected chi connectivity index (χ3v) is 3.63. The maximum Gasteiger partial charge on any atom is 0.0162 e. The molecule has 11 heavy (non-hydrogen) atoms. The molecule has 2 heteroatoms. The molecule has 2 fully saturated rings. The Hall–Kier alpha value is -0.0800. The molecule has 1 saturated heterocycles. The Balaban J connectivity index is 2.05. The van der Waals surface area contributed by atoms with Gasteiger partial charge in [0.1, 0.15) is 0 Å². The average Bonchev–Trinajstić information content (AvgIpc) is 2.43. The van der Waals surface area contributed by atoms with Crippen LogP contribution in [0.1, 0.15) is 26.2 Å². The highest BCUT2D eigenvalue weighted by atomic mass is 15.2. The Labute approximate surface area is 68.7 Å². The molecule has 2 N–H and O–H groups in total. The molecule has 2 rings (SSSR count). The molecule has 0 spiro atoms. The highest BCUT2D eigenvalue weighted by Gasteiger charge is 2.54. The molecule has 0 aromatic rings. The fourth-order valence-corrected chi connectivity index (χ4v) is 2.54. The molecule has 1 heterocycles. The van der Waals surface area contributed by atoms with Gasteiger partial charge >= 0.3 is 0 Å². The van der Waals surface area contributed by atoms with Gasteiger partial charge in [-0.1, -0.05) is 6.92 Å². The Morgan fingerprint density at radius 2 is 2.18 bits per heavy atom. The van der Waals surface area contributed by atoms with E-state index in [1.54, 1.807) is 0 Å². The van der Waals surface area contributed by atoms with Crippen molar-refractivity contribution in [1.29, 1.82) is 0 Å². The summed E-state index contributed by atoms with van der Waals surface area (Å²) in [6.45, 7) is 3.61. The molecule has 1 aliphatic carbocycles. The van der Waals surface area contributed by atoms with E-state index in [9.17, 15) is 0 Å². The van der Waals surface area contributed by atoms with Crippen LogP contribution < -0.4 is 5.73 Å². The minimum atomic E-state index is 0.464. The SMILES string of the molecule is CN1CCCC1C1(C)CC1N. The summed E-state index contributed by atoms with van der Waals surface area (Å²) in [7, 11) is 2.23. The maximum atomic E-state index is 5.92. The number of likely N-dealkylation sites (tertiary alicyclic amines) is 1. The lowest BCUT2D eigenvalue weighted by molar-refractivity contribution is 0.218. The summed E-state index contributed by atoms with van der Waals surface area (Å²) in [5, 5.41) is 0. The summed E-state index contributed by atoms with van der Waals surface area (Å²) in [5.74, 6) is 0. The van der Waals surface area contributed by atoms with Crippen LogP contribution in [-0.2, 0) is 0 Å². The van der Waals surface area contributed by atoms with Crippen molar-refractivity contribution in [3.63, 3.8) is 0 Å². The molecule has 0 amide bonds. The number of nitrogens with zero attached hydrogens (tertiary/aromatic N) is 1. The van der Waals surface area contributed by atoms with E-state index in [4.69, 9.17) is 5.73 Å². The van der Waals surface area contributed by atoms with E-state index in [1.807, 2.05) is 0 Å². The molecule has 0 radical (unpaired) electrons. The second-order valence-corrected chi connectivity index (χ2v) is 4.46. The van der Waals surface area contributed by atoms with Crippen LogP contribution in [0.2, 0.25) is 0 Å². The first-order valence-electron chi connectivity index (χ1n) is 4.60. The van der Waals surface area contributed by atoms with Crippen LogP contribution in [0.4, 0.5) is 0 Å². The first kappa shape index (κ1) is 7.56. The molecule has 3 atom stereocenters. The summed E-state index contributed by atoms with van der Waals surface area (Å²) in [6.07, 6.45) is 3.96. The second kappa shape index (κ2) is 2.20. The van der Waals surface area contributed by atoms with Crippen molar-refractivity contribution in [3.8, 4) is 0 Å². The predicted molar refractivity (Wildman–Crippen MR) is 46.4 cm³/mol. The van der Waals surface area contributed by atoms with Crippen molar-refractivity contribution >= 4 is 0 Å². The summed E-state index contributed by atoms with van der Waals surface area (Å²) < 4.78 is 0. The molecule has 1 aliphatic heterocycles. The quantitative estimate of drug-likeness (QED) is 0.606. The van der Waals surface area contributed by atoms with Crippen LogP contribution in [0.15, 0.2) is 0 Å². The highest BCUT2D eigenvalue weighted by Crippen LogP contribution is 2.51. The summed E-state index contributed by atoms with van der Waals surface area (Å²) in [6, 6.07) is 1.26. The van der Waals surface area contributed by atoms with Gasteiger partial charge < -0.3 is 10.6 Å². The lowest BCUT2D eigenvalue weighted by Crippen LogP contribution is -2.35. The van der Waals surface area contributed by atoms with Crippen LogP contribution in [0.3, 0.4) is 0 Å². The van der Waals surface area contributed by atoms with Crippen molar-refractivity contribution < 1.29 is 0 Å². The molecule has 2 nitrogen and oxygen atoms in total. The van der Waals surface area contributed by atoms with E-state index in [1.165, 1.54) is 25.8 Å². The van der Waals surface area contributed by atoms with Gasteiger partial charge in [0.15, 0.2) is 0 Å². The largest absolute Gasteiger partial charge is 0.327 e. The van der Waals surface area contributed by atoms with Crippen molar-refractivity contribution in [2.45, 2.75) is 38.3 Å². The van der Waals surface area contributed by atoms with Gasteiger partial charge in [-0.15, -0.1) is 0 Å². The average molecular weight is 154 g/mol. The van der Waals surface area contributed by atoms with Crippen molar-refractivity contribution in [2.75, 3.05) is 13.6 Å². The Morgan fingerprint density at radius 3 is 2.55 bits per heavy atom. The van der Waals surface area contributed by atoms with Gasteiger partial charge in [0.2, 0.25) is 0 Å². The fourth-order valence-electron chi connectivity index (χ4n) is 2.54. The zero-order chi connectivity index (χ0) is 8.06. The summed E-state index contributed by atoms with van der Waals surface area (Å²) in [4.78, 5) is 2.48. The van der Waals surface area contributed by atoms with Crippen LogP contribution in [0, 0.1) is 5.41 Å². The van der Waals surface area contributed by atoms with E-state index in [0.29, 0.717) is 11.5 Å². The zero-order valence-corrected chi connectivity index (χ0v) is 7.51. The van der Waals surface area contributed by atoms with Crippen LogP contribution in [-0.4, -0.2) is 30.6 Å². The van der Waals surface area contributed by atoms with Crippen molar-refractivity contribution in [2.24, 2.45) is 11.1 Å². The highest BCUT2D eigenvalue weighted by molar-refractivity contribution is 5.11. The minimum absolute atomic E-state index is 0.464. The van der Waals surface area contributed by atoms with Crippen LogP contribution >= 0.6 is 0 Å². The van der Waals surface area contributed by atoms with E-state index in [2.05, 4.69) is 18.9 Å². The molecule has 0 aromatic carbocycles. The van der Waals surface area contributed by atoms with Gasteiger partial charge in [-0.05, 0) is 38.3 Å². The normalized spacial score (nSPS) is 51.5. The Bertz CT molecular complexity index is 169. The van der Waals surface area contributed by atoms with E-state index in [-0.39, 0.29) is 0 Å². The molecule has 0 bridgehead atoms. The summed E-state index contributed by atoms with van der Waals surface area (Å²) >= 11 is 0. The fraction of sp³-hybridized carbons (Fsp3) is 1.00. The lowest BCUT2D eigenvalue weighted by atomic mass is 9.96. The predicted octanol–water partition coefficient (Wildman–Crippen LogP) is 0.818. The van der Waals surface area contributed by atoms with Crippen LogP contribution in [0.5, 0.6) is 0 Å². The molecular formula is C9H18N2. The van der Waals surface area contributed by atoms with Crippen LogP contribution in [0.25, 0.3) is 0 Å². The standard InChI is InChI=1S/C9H18N2/c1-9(6-7(9)10)8-4-3-5-11(8)2/h7-8H,3-6,10H2,1-2H3. The molecule has 1 saturated carbocycles. The molecule has 64 valence electrons. The monoisotopic (exact) mass is 154 g/mol. The third kappa shape index (κ3) is 1.00.